The highest BCUT2D eigenvalue weighted by Crippen LogP contribution is 2.52. The number of hydrogen-bond donors (Lipinski definition) is 1. The van der Waals surface area contributed by atoms with E-state index in [2.05, 4.69) is 19.2 Å². The monoisotopic (exact) mass is 153 g/mol. The van der Waals surface area contributed by atoms with Crippen molar-refractivity contribution in [2.24, 2.45) is 17.3 Å². The maximum absolute atomic E-state index is 3.47. The van der Waals surface area contributed by atoms with E-state index in [9.17, 15) is 0 Å². The van der Waals surface area contributed by atoms with Crippen LogP contribution in [0.5, 0.6) is 0 Å². The van der Waals surface area contributed by atoms with Crippen LogP contribution >= 0.6 is 0 Å². The van der Waals surface area contributed by atoms with Crippen molar-refractivity contribution in [3.05, 3.63) is 0 Å². The minimum atomic E-state index is 0.759. The van der Waals surface area contributed by atoms with Crippen molar-refractivity contribution in [1.29, 1.82) is 0 Å². The summed E-state index contributed by atoms with van der Waals surface area (Å²) >= 11 is 0. The minimum Gasteiger partial charge on any atom is -0.316 e. The van der Waals surface area contributed by atoms with Crippen LogP contribution in [0.2, 0.25) is 0 Å². The maximum Gasteiger partial charge on any atom is 0.000849 e. The molecule has 1 aliphatic carbocycles. The highest BCUT2D eigenvalue weighted by atomic mass is 14.9. The van der Waals surface area contributed by atoms with Gasteiger partial charge in [0.1, 0.15) is 0 Å². The van der Waals surface area contributed by atoms with Crippen molar-refractivity contribution in [2.45, 2.75) is 33.1 Å². The molecule has 1 nitrogen and oxygen atoms in total. The van der Waals surface area contributed by atoms with Gasteiger partial charge in [-0.2, -0.15) is 0 Å². The molecule has 2 fully saturated rings. The SMILES string of the molecule is CC(C)C1CC2(CCNC2)C1. The summed E-state index contributed by atoms with van der Waals surface area (Å²) in [4.78, 5) is 0. The first kappa shape index (κ1) is 7.60. The third-order valence-electron chi connectivity index (χ3n) is 3.67. The Hall–Kier alpha value is -0.0400. The Bertz CT molecular complexity index is 137. The van der Waals surface area contributed by atoms with Gasteiger partial charge in [-0.05, 0) is 43.1 Å². The maximum atomic E-state index is 3.47. The molecule has 1 saturated carbocycles. The summed E-state index contributed by atoms with van der Waals surface area (Å²) in [6.07, 6.45) is 4.44. The van der Waals surface area contributed by atoms with Crippen LogP contribution in [0.15, 0.2) is 0 Å². The van der Waals surface area contributed by atoms with Crippen LogP contribution in [0.3, 0.4) is 0 Å². The third kappa shape index (κ3) is 1.20. The van der Waals surface area contributed by atoms with E-state index in [0.29, 0.717) is 0 Å². The Morgan fingerprint density at radius 1 is 1.36 bits per heavy atom. The molecule has 1 N–H and O–H groups in total. The molecular formula is C10H19N. The normalized spacial score (nSPS) is 43.4. The van der Waals surface area contributed by atoms with Crippen LogP contribution in [-0.4, -0.2) is 13.1 Å². The van der Waals surface area contributed by atoms with E-state index in [1.165, 1.54) is 32.4 Å². The second-order valence-corrected chi connectivity index (χ2v) is 4.84. The fourth-order valence-electron chi connectivity index (χ4n) is 2.67. The van der Waals surface area contributed by atoms with E-state index in [1.54, 1.807) is 0 Å². The second-order valence-electron chi connectivity index (χ2n) is 4.84. The lowest BCUT2D eigenvalue weighted by Gasteiger charge is -2.47. The van der Waals surface area contributed by atoms with Gasteiger partial charge in [0.2, 0.25) is 0 Å². The zero-order chi connectivity index (χ0) is 7.90. The molecule has 1 saturated heterocycles. The molecule has 0 aromatic carbocycles. The van der Waals surface area contributed by atoms with Gasteiger partial charge in [-0.1, -0.05) is 13.8 Å². The van der Waals surface area contributed by atoms with Crippen LogP contribution < -0.4 is 5.32 Å². The molecule has 0 atom stereocenters. The largest absolute Gasteiger partial charge is 0.316 e. The molecule has 0 unspecified atom stereocenters. The summed E-state index contributed by atoms with van der Waals surface area (Å²) in [5.41, 5.74) is 0.759. The topological polar surface area (TPSA) is 12.0 Å². The Labute approximate surface area is 69.6 Å². The summed E-state index contributed by atoms with van der Waals surface area (Å²) in [6.45, 7) is 7.29. The van der Waals surface area contributed by atoms with Crippen molar-refractivity contribution in [3.8, 4) is 0 Å². The van der Waals surface area contributed by atoms with Gasteiger partial charge in [-0.3, -0.25) is 0 Å². The molecule has 64 valence electrons. The molecular weight excluding hydrogens is 134 g/mol. The van der Waals surface area contributed by atoms with Gasteiger partial charge >= 0.3 is 0 Å². The van der Waals surface area contributed by atoms with Gasteiger partial charge in [0.15, 0.2) is 0 Å². The van der Waals surface area contributed by atoms with Crippen LogP contribution in [0.4, 0.5) is 0 Å². The van der Waals surface area contributed by atoms with Crippen molar-refractivity contribution in [2.75, 3.05) is 13.1 Å². The molecule has 0 bridgehead atoms. The van der Waals surface area contributed by atoms with Crippen LogP contribution in [0.1, 0.15) is 33.1 Å². The Morgan fingerprint density at radius 2 is 2.09 bits per heavy atom. The Kier molecular flexibility index (Phi) is 1.71. The van der Waals surface area contributed by atoms with Crippen LogP contribution in [0, 0.1) is 17.3 Å². The van der Waals surface area contributed by atoms with Gasteiger partial charge in [0.25, 0.3) is 0 Å². The van der Waals surface area contributed by atoms with E-state index < -0.39 is 0 Å². The summed E-state index contributed by atoms with van der Waals surface area (Å²) < 4.78 is 0. The number of hydrogen-bond acceptors (Lipinski definition) is 1. The summed E-state index contributed by atoms with van der Waals surface area (Å²) in [5, 5.41) is 3.47. The first-order valence-corrected chi connectivity index (χ1v) is 4.93. The summed E-state index contributed by atoms with van der Waals surface area (Å²) in [6, 6.07) is 0. The lowest BCUT2D eigenvalue weighted by molar-refractivity contribution is 0.0447. The quantitative estimate of drug-likeness (QED) is 0.608. The van der Waals surface area contributed by atoms with Gasteiger partial charge < -0.3 is 5.32 Å². The number of rotatable bonds is 1. The molecule has 0 aromatic rings. The first-order valence-electron chi connectivity index (χ1n) is 4.93. The van der Waals surface area contributed by atoms with Crippen molar-refractivity contribution < 1.29 is 0 Å². The molecule has 1 spiro atoms. The van der Waals surface area contributed by atoms with Gasteiger partial charge in [0, 0.05) is 6.54 Å². The van der Waals surface area contributed by atoms with E-state index in [-0.39, 0.29) is 0 Å². The lowest BCUT2D eigenvalue weighted by Crippen LogP contribution is -2.41. The summed E-state index contributed by atoms with van der Waals surface area (Å²) in [5.74, 6) is 1.95. The van der Waals surface area contributed by atoms with Gasteiger partial charge in [-0.15, -0.1) is 0 Å². The fraction of sp³-hybridized carbons (Fsp3) is 1.00. The molecule has 0 radical (unpaired) electrons. The van der Waals surface area contributed by atoms with E-state index in [0.717, 1.165) is 17.3 Å². The predicted octanol–water partition coefficient (Wildman–Crippen LogP) is 2.03. The predicted molar refractivity (Wildman–Crippen MR) is 47.5 cm³/mol. The zero-order valence-electron chi connectivity index (χ0n) is 7.69. The van der Waals surface area contributed by atoms with Crippen molar-refractivity contribution in [1.82, 2.24) is 5.32 Å². The molecule has 0 aromatic heterocycles. The molecule has 1 heterocycles. The van der Waals surface area contributed by atoms with E-state index in [4.69, 9.17) is 0 Å². The lowest BCUT2D eigenvalue weighted by atomic mass is 9.58. The third-order valence-corrected chi connectivity index (χ3v) is 3.67. The highest BCUT2D eigenvalue weighted by Gasteiger charge is 2.46. The fourth-order valence-corrected chi connectivity index (χ4v) is 2.67. The molecule has 2 rings (SSSR count). The standard InChI is InChI=1S/C10H19N/c1-8(2)9-5-10(6-9)3-4-11-7-10/h8-9,11H,3-7H2,1-2H3. The van der Waals surface area contributed by atoms with Crippen LogP contribution in [0.25, 0.3) is 0 Å². The van der Waals surface area contributed by atoms with E-state index >= 15 is 0 Å². The first-order chi connectivity index (χ1) is 5.22. The molecule has 11 heavy (non-hydrogen) atoms. The highest BCUT2D eigenvalue weighted by molar-refractivity contribution is 4.99. The molecule has 1 heteroatoms. The zero-order valence-corrected chi connectivity index (χ0v) is 7.69. The molecule has 2 aliphatic rings. The van der Waals surface area contributed by atoms with E-state index in [1.807, 2.05) is 0 Å². The van der Waals surface area contributed by atoms with Crippen molar-refractivity contribution >= 4 is 0 Å². The van der Waals surface area contributed by atoms with Gasteiger partial charge in [0.05, 0.1) is 0 Å². The van der Waals surface area contributed by atoms with Crippen LogP contribution in [-0.2, 0) is 0 Å². The Balaban J connectivity index is 1.86. The smallest absolute Gasteiger partial charge is 0.000849 e. The van der Waals surface area contributed by atoms with Crippen molar-refractivity contribution in [3.63, 3.8) is 0 Å². The minimum absolute atomic E-state index is 0.759. The number of nitrogens with one attached hydrogen (secondary N) is 1. The molecule has 1 aliphatic heterocycles. The average Bonchev–Trinajstić information content (AvgIpc) is 2.29. The average molecular weight is 153 g/mol. The second kappa shape index (κ2) is 2.48. The molecule has 0 amide bonds. The summed E-state index contributed by atoms with van der Waals surface area (Å²) in [7, 11) is 0. The Morgan fingerprint density at radius 3 is 2.55 bits per heavy atom. The van der Waals surface area contributed by atoms with Gasteiger partial charge in [-0.25, -0.2) is 0 Å².